The second kappa shape index (κ2) is 6.32. The SMILES string of the molecule is CNS(=O)(=O)CCNC(=O)C1CCCCC1N. The highest BCUT2D eigenvalue weighted by molar-refractivity contribution is 7.89. The van der Waals surface area contributed by atoms with Crippen molar-refractivity contribution in [2.75, 3.05) is 19.3 Å². The normalized spacial score (nSPS) is 25.5. The molecule has 6 nitrogen and oxygen atoms in total. The highest BCUT2D eigenvalue weighted by Gasteiger charge is 2.27. The molecule has 1 amide bonds. The summed E-state index contributed by atoms with van der Waals surface area (Å²) in [4.78, 5) is 11.8. The monoisotopic (exact) mass is 263 g/mol. The fraction of sp³-hybridized carbons (Fsp3) is 0.900. The van der Waals surface area contributed by atoms with Gasteiger partial charge < -0.3 is 11.1 Å². The number of rotatable bonds is 5. The molecule has 1 aliphatic carbocycles. The standard InChI is InChI=1S/C10H21N3O3S/c1-12-17(15,16)7-6-13-10(14)8-4-2-3-5-9(8)11/h8-9,12H,2-7,11H2,1H3,(H,13,14). The molecule has 7 heteroatoms. The van der Waals surface area contributed by atoms with E-state index in [2.05, 4.69) is 10.0 Å². The summed E-state index contributed by atoms with van der Waals surface area (Å²) in [5.74, 6) is -0.387. The number of hydrogen-bond donors (Lipinski definition) is 3. The molecule has 1 rings (SSSR count). The lowest BCUT2D eigenvalue weighted by Gasteiger charge is -2.27. The molecule has 0 aromatic heterocycles. The van der Waals surface area contributed by atoms with Crippen molar-refractivity contribution in [1.82, 2.24) is 10.0 Å². The van der Waals surface area contributed by atoms with Crippen LogP contribution in [0.5, 0.6) is 0 Å². The van der Waals surface area contributed by atoms with Gasteiger partial charge in [0, 0.05) is 12.6 Å². The van der Waals surface area contributed by atoms with Crippen molar-refractivity contribution >= 4 is 15.9 Å². The molecule has 0 radical (unpaired) electrons. The minimum atomic E-state index is -3.26. The summed E-state index contributed by atoms with van der Waals surface area (Å²) in [6, 6.07) is -0.0929. The van der Waals surface area contributed by atoms with Crippen LogP contribution in [0, 0.1) is 5.92 Å². The third-order valence-electron chi connectivity index (χ3n) is 3.14. The van der Waals surface area contributed by atoms with Crippen LogP contribution in [0.4, 0.5) is 0 Å². The molecule has 1 fully saturated rings. The number of sulfonamides is 1. The Kier molecular flexibility index (Phi) is 5.35. The summed E-state index contributed by atoms with van der Waals surface area (Å²) >= 11 is 0. The van der Waals surface area contributed by atoms with Crippen LogP contribution < -0.4 is 15.8 Å². The zero-order chi connectivity index (χ0) is 12.9. The highest BCUT2D eigenvalue weighted by atomic mass is 32.2. The van der Waals surface area contributed by atoms with Gasteiger partial charge in [0.05, 0.1) is 11.7 Å². The van der Waals surface area contributed by atoms with E-state index in [1.165, 1.54) is 7.05 Å². The van der Waals surface area contributed by atoms with Crippen LogP contribution in [-0.4, -0.2) is 39.7 Å². The predicted molar refractivity (Wildman–Crippen MR) is 65.8 cm³/mol. The summed E-state index contributed by atoms with van der Waals surface area (Å²) in [6.07, 6.45) is 3.75. The molecule has 0 spiro atoms. The number of amides is 1. The van der Waals surface area contributed by atoms with Crippen molar-refractivity contribution in [2.24, 2.45) is 11.7 Å². The molecular formula is C10H21N3O3S. The van der Waals surface area contributed by atoms with Crippen LogP contribution in [-0.2, 0) is 14.8 Å². The molecule has 17 heavy (non-hydrogen) atoms. The van der Waals surface area contributed by atoms with E-state index in [1.807, 2.05) is 0 Å². The van der Waals surface area contributed by atoms with Gasteiger partial charge in [-0.1, -0.05) is 12.8 Å². The van der Waals surface area contributed by atoms with E-state index in [0.717, 1.165) is 25.7 Å². The van der Waals surface area contributed by atoms with E-state index in [-0.39, 0.29) is 30.2 Å². The fourth-order valence-corrected chi connectivity index (χ4v) is 2.60. The fourth-order valence-electron chi connectivity index (χ4n) is 2.03. The molecule has 0 saturated heterocycles. The van der Waals surface area contributed by atoms with Gasteiger partial charge in [0.2, 0.25) is 15.9 Å². The number of carbonyl (C=O) groups is 1. The lowest BCUT2D eigenvalue weighted by atomic mass is 9.84. The number of nitrogens with one attached hydrogen (secondary N) is 2. The summed E-state index contributed by atoms with van der Waals surface area (Å²) in [7, 11) is -1.90. The van der Waals surface area contributed by atoms with Crippen LogP contribution >= 0.6 is 0 Å². The zero-order valence-corrected chi connectivity index (χ0v) is 10.9. The molecule has 0 aromatic carbocycles. The molecule has 0 heterocycles. The van der Waals surface area contributed by atoms with Gasteiger partial charge in [-0.25, -0.2) is 13.1 Å². The Morgan fingerprint density at radius 2 is 2.00 bits per heavy atom. The van der Waals surface area contributed by atoms with Gasteiger partial charge in [-0.05, 0) is 19.9 Å². The molecule has 1 saturated carbocycles. The summed E-state index contributed by atoms with van der Waals surface area (Å²) in [6.45, 7) is 0.130. The molecule has 2 atom stereocenters. The van der Waals surface area contributed by atoms with Crippen LogP contribution in [0.1, 0.15) is 25.7 Å². The molecule has 0 aromatic rings. The topological polar surface area (TPSA) is 101 Å². The zero-order valence-electron chi connectivity index (χ0n) is 10.1. The van der Waals surface area contributed by atoms with Gasteiger partial charge in [-0.3, -0.25) is 4.79 Å². The van der Waals surface area contributed by atoms with E-state index in [9.17, 15) is 13.2 Å². The maximum Gasteiger partial charge on any atom is 0.224 e. The molecule has 2 unspecified atom stereocenters. The van der Waals surface area contributed by atoms with Gasteiger partial charge in [0.15, 0.2) is 0 Å². The average Bonchev–Trinajstić information content (AvgIpc) is 2.29. The van der Waals surface area contributed by atoms with Crippen molar-refractivity contribution in [1.29, 1.82) is 0 Å². The largest absolute Gasteiger partial charge is 0.355 e. The quantitative estimate of drug-likeness (QED) is 0.602. The Hall–Kier alpha value is -0.660. The predicted octanol–water partition coefficient (Wildman–Crippen LogP) is -0.831. The first-order valence-corrected chi connectivity index (χ1v) is 7.56. The molecule has 0 aliphatic heterocycles. The molecule has 4 N–H and O–H groups in total. The third kappa shape index (κ3) is 4.61. The van der Waals surface area contributed by atoms with Crippen LogP contribution in [0.25, 0.3) is 0 Å². The van der Waals surface area contributed by atoms with E-state index >= 15 is 0 Å². The Bertz CT molecular complexity index is 356. The maximum absolute atomic E-state index is 11.8. The van der Waals surface area contributed by atoms with E-state index in [0.29, 0.717) is 0 Å². The van der Waals surface area contributed by atoms with Gasteiger partial charge in [-0.2, -0.15) is 0 Å². The molecular weight excluding hydrogens is 242 g/mol. The van der Waals surface area contributed by atoms with Crippen LogP contribution in [0.3, 0.4) is 0 Å². The lowest BCUT2D eigenvalue weighted by molar-refractivity contribution is -0.126. The summed E-state index contributed by atoms with van der Waals surface area (Å²) in [5, 5.41) is 2.64. The van der Waals surface area contributed by atoms with Crippen molar-refractivity contribution in [3.05, 3.63) is 0 Å². The lowest BCUT2D eigenvalue weighted by Crippen LogP contribution is -2.45. The Labute approximate surface area is 102 Å². The smallest absolute Gasteiger partial charge is 0.224 e. The molecule has 0 bridgehead atoms. The molecule has 100 valence electrons. The average molecular weight is 263 g/mol. The second-order valence-corrected chi connectivity index (χ2v) is 6.41. The van der Waals surface area contributed by atoms with Gasteiger partial charge in [0.1, 0.15) is 0 Å². The first-order chi connectivity index (χ1) is 7.96. The number of nitrogens with two attached hydrogens (primary N) is 1. The minimum absolute atomic E-state index is 0.0929. The van der Waals surface area contributed by atoms with Crippen molar-refractivity contribution in [2.45, 2.75) is 31.7 Å². The Balaban J connectivity index is 2.34. The summed E-state index contributed by atoms with van der Waals surface area (Å²) in [5.41, 5.74) is 5.87. The number of hydrogen-bond acceptors (Lipinski definition) is 4. The van der Waals surface area contributed by atoms with Crippen molar-refractivity contribution in [3.8, 4) is 0 Å². The van der Waals surface area contributed by atoms with Gasteiger partial charge in [0.25, 0.3) is 0 Å². The van der Waals surface area contributed by atoms with E-state index in [1.54, 1.807) is 0 Å². The Morgan fingerprint density at radius 3 is 2.59 bits per heavy atom. The van der Waals surface area contributed by atoms with Gasteiger partial charge >= 0.3 is 0 Å². The van der Waals surface area contributed by atoms with Crippen LogP contribution in [0.15, 0.2) is 0 Å². The first-order valence-electron chi connectivity index (χ1n) is 5.91. The van der Waals surface area contributed by atoms with Crippen molar-refractivity contribution in [3.63, 3.8) is 0 Å². The first kappa shape index (κ1) is 14.4. The Morgan fingerprint density at radius 1 is 1.35 bits per heavy atom. The summed E-state index contributed by atoms with van der Waals surface area (Å²) < 4.78 is 24.5. The van der Waals surface area contributed by atoms with Crippen LogP contribution in [0.2, 0.25) is 0 Å². The minimum Gasteiger partial charge on any atom is -0.355 e. The molecule has 1 aliphatic rings. The second-order valence-electron chi connectivity index (χ2n) is 4.37. The van der Waals surface area contributed by atoms with Crippen molar-refractivity contribution < 1.29 is 13.2 Å². The van der Waals surface area contributed by atoms with E-state index < -0.39 is 10.0 Å². The maximum atomic E-state index is 11.8. The van der Waals surface area contributed by atoms with Gasteiger partial charge in [-0.15, -0.1) is 0 Å². The number of carbonyl (C=O) groups excluding carboxylic acids is 1. The van der Waals surface area contributed by atoms with E-state index in [4.69, 9.17) is 5.73 Å². The highest BCUT2D eigenvalue weighted by Crippen LogP contribution is 2.22. The third-order valence-corrected chi connectivity index (χ3v) is 4.50.